The van der Waals surface area contributed by atoms with Gasteiger partial charge in [0.05, 0.1) is 11.4 Å². The van der Waals surface area contributed by atoms with Crippen LogP contribution in [0, 0.1) is 13.8 Å². The molecular weight excluding hydrogens is 436 g/mol. The lowest BCUT2D eigenvalue weighted by molar-refractivity contribution is 0.0459. The Balaban J connectivity index is 1.48. The first-order valence-corrected chi connectivity index (χ1v) is 11.0. The molecule has 2 aromatic carbocycles. The Morgan fingerprint density at radius 3 is 2.71 bits per heavy atom. The third-order valence-electron chi connectivity index (χ3n) is 4.71. The van der Waals surface area contributed by atoms with Crippen LogP contribution in [0.2, 0.25) is 5.02 Å². The van der Waals surface area contributed by atoms with Crippen molar-refractivity contribution in [2.24, 2.45) is 0 Å². The number of esters is 1. The van der Waals surface area contributed by atoms with Crippen molar-refractivity contribution in [2.75, 3.05) is 6.26 Å². The van der Waals surface area contributed by atoms with Gasteiger partial charge in [-0.15, -0.1) is 16.9 Å². The maximum absolute atomic E-state index is 12.6. The van der Waals surface area contributed by atoms with Gasteiger partial charge in [0.15, 0.2) is 5.69 Å². The van der Waals surface area contributed by atoms with Crippen molar-refractivity contribution >= 4 is 29.3 Å². The van der Waals surface area contributed by atoms with Gasteiger partial charge in [0.1, 0.15) is 18.1 Å². The Kier molecular flexibility index (Phi) is 6.11. The van der Waals surface area contributed by atoms with E-state index in [2.05, 4.69) is 15.3 Å². The minimum absolute atomic E-state index is 0.0317. The predicted octanol–water partition coefficient (Wildman–Crippen LogP) is 5.27. The third-order valence-corrected chi connectivity index (χ3v) is 5.69. The van der Waals surface area contributed by atoms with E-state index in [1.54, 1.807) is 42.4 Å². The third kappa shape index (κ3) is 4.50. The molecule has 0 N–H and O–H groups in total. The van der Waals surface area contributed by atoms with Crippen LogP contribution in [0.15, 0.2) is 57.8 Å². The zero-order valence-corrected chi connectivity index (χ0v) is 18.7. The minimum Gasteiger partial charge on any atom is -0.454 e. The SMILES string of the molecule is CSc1cccc(-n2nnc(C(=O)OCc3nc(-c4ccc(Cl)cc4)oc3C)c2C)c1. The van der Waals surface area contributed by atoms with Crippen molar-refractivity contribution in [3.8, 4) is 17.1 Å². The molecule has 0 saturated heterocycles. The molecule has 31 heavy (non-hydrogen) atoms. The van der Waals surface area contributed by atoms with Crippen molar-refractivity contribution in [1.82, 2.24) is 20.0 Å². The molecule has 7 nitrogen and oxygen atoms in total. The molecule has 0 saturated carbocycles. The molecule has 4 aromatic rings. The summed E-state index contributed by atoms with van der Waals surface area (Å²) in [5.74, 6) is 0.447. The number of carbonyl (C=O) groups excluding carboxylic acids is 1. The van der Waals surface area contributed by atoms with Gasteiger partial charge in [0.25, 0.3) is 0 Å². The number of aromatic nitrogens is 4. The molecule has 0 atom stereocenters. The largest absolute Gasteiger partial charge is 0.454 e. The highest BCUT2D eigenvalue weighted by Gasteiger charge is 2.20. The van der Waals surface area contributed by atoms with E-state index in [1.807, 2.05) is 42.7 Å². The van der Waals surface area contributed by atoms with Crippen LogP contribution in [0.4, 0.5) is 0 Å². The highest BCUT2D eigenvalue weighted by atomic mass is 35.5. The number of oxazole rings is 1. The first kappa shape index (κ1) is 21.1. The lowest BCUT2D eigenvalue weighted by Crippen LogP contribution is -2.09. The lowest BCUT2D eigenvalue weighted by atomic mass is 10.2. The van der Waals surface area contributed by atoms with Crippen LogP contribution in [0.25, 0.3) is 17.1 Å². The molecule has 0 fully saturated rings. The molecule has 0 aliphatic heterocycles. The zero-order valence-electron chi connectivity index (χ0n) is 17.1. The summed E-state index contributed by atoms with van der Waals surface area (Å²) in [7, 11) is 0. The number of rotatable bonds is 6. The van der Waals surface area contributed by atoms with Crippen LogP contribution < -0.4 is 0 Å². The van der Waals surface area contributed by atoms with E-state index in [1.165, 1.54) is 0 Å². The van der Waals surface area contributed by atoms with Crippen molar-refractivity contribution < 1.29 is 13.9 Å². The number of halogens is 1. The first-order chi connectivity index (χ1) is 15.0. The number of benzene rings is 2. The fourth-order valence-electron chi connectivity index (χ4n) is 2.99. The molecule has 0 amide bonds. The highest BCUT2D eigenvalue weighted by Crippen LogP contribution is 2.24. The van der Waals surface area contributed by atoms with E-state index in [4.69, 9.17) is 20.8 Å². The summed E-state index contributed by atoms with van der Waals surface area (Å²) in [4.78, 5) is 18.1. The van der Waals surface area contributed by atoms with Crippen LogP contribution in [0.5, 0.6) is 0 Å². The van der Waals surface area contributed by atoms with E-state index in [0.717, 1.165) is 16.1 Å². The average molecular weight is 455 g/mol. The van der Waals surface area contributed by atoms with Gasteiger partial charge >= 0.3 is 5.97 Å². The fourth-order valence-corrected chi connectivity index (χ4v) is 3.56. The Hall–Kier alpha value is -3.10. The summed E-state index contributed by atoms with van der Waals surface area (Å²) in [5.41, 5.74) is 2.92. The molecule has 4 rings (SSSR count). The second kappa shape index (κ2) is 8.95. The normalized spacial score (nSPS) is 11.0. The highest BCUT2D eigenvalue weighted by molar-refractivity contribution is 7.98. The molecule has 0 radical (unpaired) electrons. The van der Waals surface area contributed by atoms with Crippen molar-refractivity contribution in [3.05, 3.63) is 76.4 Å². The van der Waals surface area contributed by atoms with E-state index in [9.17, 15) is 4.79 Å². The van der Waals surface area contributed by atoms with Gasteiger partial charge in [-0.05, 0) is 62.6 Å². The van der Waals surface area contributed by atoms with Crippen LogP contribution in [-0.2, 0) is 11.3 Å². The Bertz CT molecular complexity index is 1230. The molecule has 0 aliphatic carbocycles. The summed E-state index contributed by atoms with van der Waals surface area (Å²) in [6.07, 6.45) is 2.00. The van der Waals surface area contributed by atoms with E-state index in [0.29, 0.717) is 28.1 Å². The molecular formula is C22H19ClN4O3S. The van der Waals surface area contributed by atoms with Gasteiger partial charge < -0.3 is 9.15 Å². The van der Waals surface area contributed by atoms with Gasteiger partial charge in [-0.2, -0.15) is 0 Å². The van der Waals surface area contributed by atoms with Crippen LogP contribution >= 0.6 is 23.4 Å². The molecule has 9 heteroatoms. The van der Waals surface area contributed by atoms with Gasteiger partial charge in [0, 0.05) is 15.5 Å². The predicted molar refractivity (Wildman–Crippen MR) is 119 cm³/mol. The Morgan fingerprint density at radius 2 is 1.97 bits per heavy atom. The standard InChI is InChI=1S/C22H19ClN4O3S/c1-13-20(25-26-27(13)17-5-4-6-18(11-17)31-3)22(28)29-12-19-14(2)30-21(24-19)15-7-9-16(23)10-8-15/h4-11H,12H2,1-3H3. The van der Waals surface area contributed by atoms with Crippen LogP contribution in [0.3, 0.4) is 0 Å². The van der Waals surface area contributed by atoms with Crippen LogP contribution in [0.1, 0.15) is 27.6 Å². The zero-order chi connectivity index (χ0) is 22.0. The van der Waals surface area contributed by atoms with E-state index < -0.39 is 5.97 Å². The number of ether oxygens (including phenoxy) is 1. The lowest BCUT2D eigenvalue weighted by Gasteiger charge is -2.05. The second-order valence-corrected chi connectivity index (χ2v) is 8.06. The molecule has 0 aliphatic rings. The van der Waals surface area contributed by atoms with E-state index in [-0.39, 0.29) is 12.3 Å². The molecule has 2 aromatic heterocycles. The van der Waals surface area contributed by atoms with Crippen molar-refractivity contribution in [2.45, 2.75) is 25.3 Å². The topological polar surface area (TPSA) is 83.0 Å². The summed E-state index contributed by atoms with van der Waals surface area (Å²) < 4.78 is 12.8. The van der Waals surface area contributed by atoms with Crippen molar-refractivity contribution in [1.29, 1.82) is 0 Å². The molecule has 2 heterocycles. The number of hydrogen-bond donors (Lipinski definition) is 0. The smallest absolute Gasteiger partial charge is 0.361 e. The van der Waals surface area contributed by atoms with E-state index >= 15 is 0 Å². The number of aryl methyl sites for hydroxylation is 1. The molecule has 0 bridgehead atoms. The maximum atomic E-state index is 12.6. The quantitative estimate of drug-likeness (QED) is 0.290. The fraction of sp³-hybridized carbons (Fsp3) is 0.182. The first-order valence-electron chi connectivity index (χ1n) is 9.42. The second-order valence-electron chi connectivity index (χ2n) is 6.74. The monoisotopic (exact) mass is 454 g/mol. The van der Waals surface area contributed by atoms with Crippen molar-refractivity contribution in [3.63, 3.8) is 0 Å². The maximum Gasteiger partial charge on any atom is 0.361 e. The van der Waals surface area contributed by atoms with Gasteiger partial charge in [-0.1, -0.05) is 22.9 Å². The van der Waals surface area contributed by atoms with Gasteiger partial charge in [0.2, 0.25) is 5.89 Å². The number of hydrogen-bond acceptors (Lipinski definition) is 7. The summed E-state index contributed by atoms with van der Waals surface area (Å²) in [6.45, 7) is 3.52. The van der Waals surface area contributed by atoms with Gasteiger partial charge in [-0.3, -0.25) is 0 Å². The minimum atomic E-state index is -0.569. The summed E-state index contributed by atoms with van der Waals surface area (Å²) in [5, 5.41) is 8.77. The molecule has 0 unspecified atom stereocenters. The molecule has 158 valence electrons. The summed E-state index contributed by atoms with van der Waals surface area (Å²) >= 11 is 7.55. The van der Waals surface area contributed by atoms with Crippen LogP contribution in [-0.4, -0.2) is 32.2 Å². The summed E-state index contributed by atoms with van der Waals surface area (Å²) in [6, 6.07) is 15.0. The number of thioether (sulfide) groups is 1. The Labute approximate surface area is 188 Å². The molecule has 0 spiro atoms. The number of carbonyl (C=O) groups is 1. The van der Waals surface area contributed by atoms with Gasteiger partial charge in [-0.25, -0.2) is 14.5 Å². The number of nitrogens with zero attached hydrogens (tertiary/aromatic N) is 4. The Morgan fingerprint density at radius 1 is 1.19 bits per heavy atom. The average Bonchev–Trinajstić information content (AvgIpc) is 3.35.